The number of hydrogen-bond acceptors (Lipinski definition) is 2. The van der Waals surface area contributed by atoms with E-state index in [1.54, 1.807) is 0 Å². The first-order valence-electron chi connectivity index (χ1n) is 4.58. The van der Waals surface area contributed by atoms with E-state index in [0.717, 1.165) is 0 Å². The van der Waals surface area contributed by atoms with Crippen LogP contribution in [0.2, 0.25) is 0 Å². The quantitative estimate of drug-likeness (QED) is 0.576. The minimum Gasteiger partial charge on any atom is -0.307 e. The maximum atomic E-state index is 8.00. The molecule has 13 heavy (non-hydrogen) atoms. The van der Waals surface area contributed by atoms with E-state index < -0.39 is 0 Å². The van der Waals surface area contributed by atoms with E-state index in [2.05, 4.69) is 0 Å². The summed E-state index contributed by atoms with van der Waals surface area (Å²) in [5.74, 6) is 0. The predicted molar refractivity (Wildman–Crippen MR) is 66.4 cm³/mol. The minimum atomic E-state index is 0. The van der Waals surface area contributed by atoms with Crippen molar-refractivity contribution in [3.8, 4) is 0 Å². The molecule has 88 valence electrons. The van der Waals surface area contributed by atoms with Crippen LogP contribution in [0.25, 0.3) is 0 Å². The van der Waals surface area contributed by atoms with Crippen LogP contribution in [0.1, 0.15) is 62.8 Å². The molecule has 0 radical (unpaired) electrons. The molecule has 0 aliphatic heterocycles. The van der Waals surface area contributed by atoms with Gasteiger partial charge >= 0.3 is 0 Å². The van der Waals surface area contributed by atoms with Gasteiger partial charge in [-0.25, -0.2) is 0 Å². The molecular formula is C11H32O2. The summed E-state index contributed by atoms with van der Waals surface area (Å²) in [5.41, 5.74) is 0. The van der Waals surface area contributed by atoms with Gasteiger partial charge < -0.3 is 9.59 Å². The zero-order valence-electron chi connectivity index (χ0n) is 10.2. The van der Waals surface area contributed by atoms with Gasteiger partial charge in [0.05, 0.1) is 0 Å². The highest BCUT2D eigenvalue weighted by Crippen LogP contribution is 1.15. The molecule has 0 aromatic heterocycles. The molecule has 0 saturated carbocycles. The molecule has 0 spiro atoms. The summed E-state index contributed by atoms with van der Waals surface area (Å²) in [6.45, 7) is 20.0. The van der Waals surface area contributed by atoms with Crippen LogP contribution in [-0.4, -0.2) is 13.6 Å². The molecule has 0 unspecified atom stereocenters. The van der Waals surface area contributed by atoms with Crippen LogP contribution < -0.4 is 0 Å². The summed E-state index contributed by atoms with van der Waals surface area (Å²) in [7, 11) is 0. The third-order valence-corrected chi connectivity index (χ3v) is 0. The van der Waals surface area contributed by atoms with Gasteiger partial charge in [-0.3, -0.25) is 0 Å². The minimum absolute atomic E-state index is 0. The average molecular weight is 196 g/mol. The summed E-state index contributed by atoms with van der Waals surface area (Å²) < 4.78 is 0. The second-order valence-corrected chi connectivity index (χ2v) is 0. The Morgan fingerprint density at radius 1 is 0.462 bits per heavy atom. The van der Waals surface area contributed by atoms with Crippen LogP contribution in [0, 0.1) is 0 Å². The van der Waals surface area contributed by atoms with Crippen molar-refractivity contribution >= 4 is 13.6 Å². The maximum absolute atomic E-state index is 8.00. The molecule has 2 heteroatoms. The molecular weight excluding hydrogens is 164 g/mol. The third kappa shape index (κ3) is 2270. The Bertz CT molecular complexity index is 10.1. The number of carbonyl (C=O) groups is 2. The number of rotatable bonds is 0. The van der Waals surface area contributed by atoms with Gasteiger partial charge in [0.2, 0.25) is 0 Å². The Kier molecular flexibility index (Phi) is 11900. The molecule has 0 aromatic carbocycles. The lowest BCUT2D eigenvalue weighted by Crippen LogP contribution is -0.925. The van der Waals surface area contributed by atoms with Gasteiger partial charge in [-0.1, -0.05) is 62.8 Å². The second-order valence-electron chi connectivity index (χ2n) is 0. The van der Waals surface area contributed by atoms with Gasteiger partial charge in [0.15, 0.2) is 0 Å². The van der Waals surface area contributed by atoms with Crippen molar-refractivity contribution in [2.75, 3.05) is 0 Å². The normalized spacial score (nSPS) is 2.46. The standard InChI is InChI=1S/4C2H6.2CH2O.CH4/c6*1-2;/h4*1-2H3;2*1H2;1H4. The van der Waals surface area contributed by atoms with Crippen molar-refractivity contribution in [1.82, 2.24) is 0 Å². The van der Waals surface area contributed by atoms with E-state index in [0.29, 0.717) is 0 Å². The molecule has 0 heterocycles. The van der Waals surface area contributed by atoms with Crippen molar-refractivity contribution in [3.05, 3.63) is 0 Å². The zero-order chi connectivity index (χ0) is 12.0. The highest BCUT2D eigenvalue weighted by atomic mass is 16.1. The molecule has 0 aliphatic rings. The predicted octanol–water partition coefficient (Wildman–Crippen LogP) is 4.37. The van der Waals surface area contributed by atoms with Crippen LogP contribution in [0.4, 0.5) is 0 Å². The average Bonchev–Trinajstić information content (AvgIpc) is 2.33. The molecule has 0 saturated heterocycles. The van der Waals surface area contributed by atoms with Crippen LogP contribution in [0.5, 0.6) is 0 Å². The SMILES string of the molecule is C.C=O.C=O.CC.CC.CC.CC. The Morgan fingerprint density at radius 3 is 0.462 bits per heavy atom. The highest BCUT2D eigenvalue weighted by molar-refractivity contribution is 5.11. The van der Waals surface area contributed by atoms with Crippen molar-refractivity contribution in [1.29, 1.82) is 0 Å². The smallest absolute Gasteiger partial charge is 0.106 e. The van der Waals surface area contributed by atoms with Crippen LogP contribution in [0.3, 0.4) is 0 Å². The van der Waals surface area contributed by atoms with Gasteiger partial charge in [0.1, 0.15) is 13.6 Å². The summed E-state index contributed by atoms with van der Waals surface area (Å²) in [5, 5.41) is 0. The highest BCUT2D eigenvalue weighted by Gasteiger charge is 0.938. The van der Waals surface area contributed by atoms with Gasteiger partial charge in [-0.15, -0.1) is 0 Å². The first-order valence-corrected chi connectivity index (χ1v) is 4.58. The molecule has 2 nitrogen and oxygen atoms in total. The van der Waals surface area contributed by atoms with E-state index in [1.165, 1.54) is 0 Å². The molecule has 0 aromatic rings. The van der Waals surface area contributed by atoms with Crippen LogP contribution >= 0.6 is 0 Å². The fraction of sp³-hybridized carbons (Fsp3) is 0.818. The van der Waals surface area contributed by atoms with Crippen molar-refractivity contribution in [2.24, 2.45) is 0 Å². The Morgan fingerprint density at radius 2 is 0.462 bits per heavy atom. The van der Waals surface area contributed by atoms with Crippen molar-refractivity contribution in [2.45, 2.75) is 62.8 Å². The monoisotopic (exact) mass is 196 g/mol. The molecule has 0 aliphatic carbocycles. The topological polar surface area (TPSA) is 34.1 Å². The largest absolute Gasteiger partial charge is 0.307 e. The van der Waals surface area contributed by atoms with Gasteiger partial charge in [-0.2, -0.15) is 0 Å². The Balaban J connectivity index is -0.00000000655. The van der Waals surface area contributed by atoms with E-state index in [4.69, 9.17) is 9.59 Å². The molecule has 0 fully saturated rings. The van der Waals surface area contributed by atoms with E-state index >= 15 is 0 Å². The fourth-order valence-electron chi connectivity index (χ4n) is 0. The second kappa shape index (κ2) is 2780. The lowest BCUT2D eigenvalue weighted by atomic mass is 11.0. The van der Waals surface area contributed by atoms with Crippen molar-refractivity contribution in [3.63, 3.8) is 0 Å². The zero-order valence-corrected chi connectivity index (χ0v) is 10.2. The van der Waals surface area contributed by atoms with Gasteiger partial charge in [0, 0.05) is 0 Å². The summed E-state index contributed by atoms with van der Waals surface area (Å²) in [4.78, 5) is 16.0. The molecule has 0 N–H and O–H groups in total. The van der Waals surface area contributed by atoms with Crippen molar-refractivity contribution < 1.29 is 9.59 Å². The third-order valence-electron chi connectivity index (χ3n) is 0. The first-order chi connectivity index (χ1) is 6.00. The summed E-state index contributed by atoms with van der Waals surface area (Å²) >= 11 is 0. The van der Waals surface area contributed by atoms with E-state index in [1.807, 2.05) is 69.0 Å². The van der Waals surface area contributed by atoms with Crippen LogP contribution in [-0.2, 0) is 9.59 Å². The molecule has 0 amide bonds. The molecule has 0 bridgehead atoms. The number of hydrogen-bond donors (Lipinski definition) is 0. The Hall–Kier alpha value is -0.660. The maximum Gasteiger partial charge on any atom is 0.106 e. The lowest BCUT2D eigenvalue weighted by Gasteiger charge is -1.07. The first kappa shape index (κ1) is 55.6. The molecule has 0 rings (SSSR count). The van der Waals surface area contributed by atoms with Crippen LogP contribution in [0.15, 0.2) is 0 Å². The fourth-order valence-corrected chi connectivity index (χ4v) is 0. The molecule has 0 atom stereocenters. The lowest BCUT2D eigenvalue weighted by molar-refractivity contribution is -0.0987. The summed E-state index contributed by atoms with van der Waals surface area (Å²) in [6, 6.07) is 0. The number of carbonyl (C=O) groups excluding carboxylic acids is 2. The van der Waals surface area contributed by atoms with E-state index in [9.17, 15) is 0 Å². The summed E-state index contributed by atoms with van der Waals surface area (Å²) in [6.07, 6.45) is 0. The Labute approximate surface area is 86.7 Å². The van der Waals surface area contributed by atoms with Gasteiger partial charge in [-0.05, 0) is 0 Å². The van der Waals surface area contributed by atoms with Gasteiger partial charge in [0.25, 0.3) is 0 Å². The van der Waals surface area contributed by atoms with E-state index in [-0.39, 0.29) is 7.43 Å².